The lowest BCUT2D eigenvalue weighted by Crippen LogP contribution is -2.17. The number of hydrogen-bond acceptors (Lipinski definition) is 1. The van der Waals surface area contributed by atoms with Gasteiger partial charge in [0.1, 0.15) is 11.6 Å². The molecule has 2 aromatic rings. The number of rotatable bonds is 1. The van der Waals surface area contributed by atoms with Crippen molar-refractivity contribution in [1.82, 2.24) is 9.55 Å². The monoisotopic (exact) mass is 244 g/mol. The van der Waals surface area contributed by atoms with E-state index in [1.54, 1.807) is 0 Å². The van der Waals surface area contributed by atoms with Gasteiger partial charge in [0.2, 0.25) is 0 Å². The van der Waals surface area contributed by atoms with E-state index in [1.807, 2.05) is 19.1 Å². The molecule has 3 rings (SSSR count). The lowest BCUT2D eigenvalue weighted by molar-refractivity contribution is 0.411. The van der Waals surface area contributed by atoms with Crippen molar-refractivity contribution in [3.05, 3.63) is 41.6 Å². The van der Waals surface area contributed by atoms with Crippen molar-refractivity contribution in [3.8, 4) is 11.3 Å². The molecule has 3 heteroatoms. The van der Waals surface area contributed by atoms with E-state index in [0.29, 0.717) is 5.92 Å². The summed E-state index contributed by atoms with van der Waals surface area (Å²) >= 11 is 0. The molecule has 0 spiro atoms. The van der Waals surface area contributed by atoms with E-state index in [1.165, 1.54) is 24.4 Å². The van der Waals surface area contributed by atoms with Crippen LogP contribution in [0.5, 0.6) is 0 Å². The quantitative estimate of drug-likeness (QED) is 0.749. The maximum Gasteiger partial charge on any atom is 0.123 e. The molecular formula is C15H17FN2. The van der Waals surface area contributed by atoms with E-state index < -0.39 is 0 Å². The Bertz CT molecular complexity index is 569. The summed E-state index contributed by atoms with van der Waals surface area (Å²) in [6, 6.07) is 6.70. The van der Waals surface area contributed by atoms with Crippen LogP contribution in [-0.2, 0) is 13.0 Å². The summed E-state index contributed by atoms with van der Waals surface area (Å²) in [4.78, 5) is 4.67. The summed E-state index contributed by atoms with van der Waals surface area (Å²) in [5.74, 6) is 1.69. The first-order valence-corrected chi connectivity index (χ1v) is 6.47. The normalized spacial score (nSPS) is 18.7. The molecule has 1 aliphatic heterocycles. The number of benzene rings is 1. The molecule has 94 valence electrons. The third-order valence-corrected chi connectivity index (χ3v) is 3.72. The van der Waals surface area contributed by atoms with Gasteiger partial charge in [0.05, 0.1) is 11.4 Å². The Labute approximate surface area is 106 Å². The van der Waals surface area contributed by atoms with Crippen molar-refractivity contribution in [1.29, 1.82) is 0 Å². The SMILES string of the molecule is Cc1nc2n(c1-c1ccc(F)cc1)CCC(C)C2. The van der Waals surface area contributed by atoms with Crippen molar-refractivity contribution >= 4 is 0 Å². The van der Waals surface area contributed by atoms with Crippen molar-refractivity contribution < 1.29 is 4.39 Å². The zero-order chi connectivity index (χ0) is 12.7. The second-order valence-corrected chi connectivity index (χ2v) is 5.22. The Morgan fingerprint density at radius 3 is 2.72 bits per heavy atom. The molecular weight excluding hydrogens is 227 g/mol. The van der Waals surface area contributed by atoms with Gasteiger partial charge in [-0.15, -0.1) is 0 Å². The molecule has 0 amide bonds. The number of halogens is 1. The van der Waals surface area contributed by atoms with Crippen LogP contribution in [0.15, 0.2) is 24.3 Å². The Kier molecular flexibility index (Phi) is 2.69. The highest BCUT2D eigenvalue weighted by Gasteiger charge is 2.21. The Hall–Kier alpha value is -1.64. The van der Waals surface area contributed by atoms with Crippen LogP contribution >= 0.6 is 0 Å². The van der Waals surface area contributed by atoms with E-state index in [0.717, 1.165) is 29.9 Å². The minimum atomic E-state index is -0.191. The van der Waals surface area contributed by atoms with E-state index in [2.05, 4.69) is 16.5 Å². The predicted molar refractivity (Wildman–Crippen MR) is 69.8 cm³/mol. The summed E-state index contributed by atoms with van der Waals surface area (Å²) in [5.41, 5.74) is 3.25. The lowest BCUT2D eigenvalue weighted by Gasteiger charge is -2.21. The van der Waals surface area contributed by atoms with Crippen LogP contribution in [0.25, 0.3) is 11.3 Å². The Balaban J connectivity index is 2.10. The first-order valence-electron chi connectivity index (χ1n) is 6.47. The number of aryl methyl sites for hydroxylation is 1. The topological polar surface area (TPSA) is 17.8 Å². The van der Waals surface area contributed by atoms with Crippen LogP contribution in [0.2, 0.25) is 0 Å². The summed E-state index contributed by atoms with van der Waals surface area (Å²) in [6.07, 6.45) is 2.24. The highest BCUT2D eigenvalue weighted by atomic mass is 19.1. The zero-order valence-electron chi connectivity index (χ0n) is 10.8. The average molecular weight is 244 g/mol. The smallest absolute Gasteiger partial charge is 0.123 e. The molecule has 1 aromatic carbocycles. The molecule has 2 heterocycles. The van der Waals surface area contributed by atoms with Crippen LogP contribution in [0.4, 0.5) is 4.39 Å². The molecule has 0 saturated heterocycles. The highest BCUT2D eigenvalue weighted by Crippen LogP contribution is 2.30. The second kappa shape index (κ2) is 4.23. The fraction of sp³-hybridized carbons (Fsp3) is 0.400. The fourth-order valence-corrected chi connectivity index (χ4v) is 2.76. The molecule has 1 unspecified atom stereocenters. The third-order valence-electron chi connectivity index (χ3n) is 3.72. The Morgan fingerprint density at radius 1 is 1.28 bits per heavy atom. The van der Waals surface area contributed by atoms with Gasteiger partial charge in [0, 0.05) is 18.5 Å². The van der Waals surface area contributed by atoms with Crippen LogP contribution in [0.1, 0.15) is 24.9 Å². The first-order chi connectivity index (χ1) is 8.65. The molecule has 1 aliphatic rings. The summed E-state index contributed by atoms with van der Waals surface area (Å²) < 4.78 is 15.3. The number of imidazole rings is 1. The number of nitrogens with zero attached hydrogens (tertiary/aromatic N) is 2. The zero-order valence-corrected chi connectivity index (χ0v) is 10.8. The van der Waals surface area contributed by atoms with Crippen molar-refractivity contribution in [2.45, 2.75) is 33.2 Å². The number of fused-ring (bicyclic) bond motifs is 1. The van der Waals surface area contributed by atoms with Gasteiger partial charge in [-0.25, -0.2) is 9.37 Å². The average Bonchev–Trinajstić information content (AvgIpc) is 2.65. The van der Waals surface area contributed by atoms with Crippen molar-refractivity contribution in [3.63, 3.8) is 0 Å². The minimum absolute atomic E-state index is 0.191. The van der Waals surface area contributed by atoms with Gasteiger partial charge in [-0.1, -0.05) is 6.92 Å². The molecule has 2 nitrogen and oxygen atoms in total. The van der Waals surface area contributed by atoms with Crippen LogP contribution in [0.3, 0.4) is 0 Å². The predicted octanol–water partition coefficient (Wildman–Crippen LogP) is 3.58. The summed E-state index contributed by atoms with van der Waals surface area (Å²) in [7, 11) is 0. The van der Waals surface area contributed by atoms with Crippen molar-refractivity contribution in [2.24, 2.45) is 5.92 Å². The molecule has 0 radical (unpaired) electrons. The summed E-state index contributed by atoms with van der Waals surface area (Å²) in [6.45, 7) is 5.32. The standard InChI is InChI=1S/C15H17FN2/c1-10-7-8-18-14(9-10)17-11(2)15(18)12-3-5-13(16)6-4-12/h3-6,10H,7-9H2,1-2H3. The van der Waals surface area contributed by atoms with Crippen LogP contribution in [0, 0.1) is 18.7 Å². The van der Waals surface area contributed by atoms with Gasteiger partial charge < -0.3 is 4.57 Å². The Morgan fingerprint density at radius 2 is 2.00 bits per heavy atom. The second-order valence-electron chi connectivity index (χ2n) is 5.22. The molecule has 1 aromatic heterocycles. The first kappa shape index (κ1) is 11.5. The van der Waals surface area contributed by atoms with E-state index in [4.69, 9.17) is 0 Å². The van der Waals surface area contributed by atoms with Gasteiger partial charge in [-0.2, -0.15) is 0 Å². The number of aromatic nitrogens is 2. The third kappa shape index (κ3) is 1.84. The van der Waals surface area contributed by atoms with Gasteiger partial charge in [-0.05, 0) is 43.5 Å². The van der Waals surface area contributed by atoms with Crippen LogP contribution < -0.4 is 0 Å². The number of hydrogen-bond donors (Lipinski definition) is 0. The van der Waals surface area contributed by atoms with Crippen molar-refractivity contribution in [2.75, 3.05) is 0 Å². The maximum atomic E-state index is 13.0. The molecule has 1 atom stereocenters. The highest BCUT2D eigenvalue weighted by molar-refractivity contribution is 5.63. The van der Waals surface area contributed by atoms with Crippen LogP contribution in [-0.4, -0.2) is 9.55 Å². The van der Waals surface area contributed by atoms with Gasteiger partial charge in [-0.3, -0.25) is 0 Å². The summed E-state index contributed by atoms with van der Waals surface area (Å²) in [5, 5.41) is 0. The molecule has 18 heavy (non-hydrogen) atoms. The van der Waals surface area contributed by atoms with E-state index in [-0.39, 0.29) is 5.82 Å². The van der Waals surface area contributed by atoms with E-state index >= 15 is 0 Å². The van der Waals surface area contributed by atoms with Gasteiger partial charge >= 0.3 is 0 Å². The lowest BCUT2D eigenvalue weighted by atomic mass is 10.00. The molecule has 0 aliphatic carbocycles. The van der Waals surface area contributed by atoms with Gasteiger partial charge in [0.25, 0.3) is 0 Å². The fourth-order valence-electron chi connectivity index (χ4n) is 2.76. The molecule has 0 bridgehead atoms. The maximum absolute atomic E-state index is 13.0. The largest absolute Gasteiger partial charge is 0.328 e. The van der Waals surface area contributed by atoms with Gasteiger partial charge in [0.15, 0.2) is 0 Å². The minimum Gasteiger partial charge on any atom is -0.328 e. The molecule has 0 fully saturated rings. The molecule has 0 saturated carbocycles. The molecule has 0 N–H and O–H groups in total. The van der Waals surface area contributed by atoms with E-state index in [9.17, 15) is 4.39 Å².